The first-order chi connectivity index (χ1) is 10.5. The Morgan fingerprint density at radius 1 is 1.27 bits per heavy atom. The van der Waals surface area contributed by atoms with Crippen molar-refractivity contribution < 1.29 is 9.21 Å². The summed E-state index contributed by atoms with van der Waals surface area (Å²) in [4.78, 5) is 13.1. The van der Waals surface area contributed by atoms with Crippen molar-refractivity contribution >= 4 is 29.3 Å². The van der Waals surface area contributed by atoms with Crippen molar-refractivity contribution in [2.75, 3.05) is 5.75 Å². The number of halogens is 1. The third-order valence-electron chi connectivity index (χ3n) is 3.20. The summed E-state index contributed by atoms with van der Waals surface area (Å²) in [6, 6.07) is 11.5. The van der Waals surface area contributed by atoms with E-state index in [9.17, 15) is 4.79 Å². The summed E-state index contributed by atoms with van der Waals surface area (Å²) in [6.45, 7) is 3.82. The maximum Gasteiger partial charge on any atom is 0.220 e. The Bertz CT molecular complexity index is 609. The van der Waals surface area contributed by atoms with Crippen LogP contribution in [0, 0.1) is 6.92 Å². The van der Waals surface area contributed by atoms with Gasteiger partial charge < -0.3 is 9.73 Å². The van der Waals surface area contributed by atoms with Gasteiger partial charge in [0.25, 0.3) is 0 Å². The molecule has 0 bridgehead atoms. The van der Waals surface area contributed by atoms with E-state index in [0.29, 0.717) is 6.42 Å². The van der Waals surface area contributed by atoms with Crippen molar-refractivity contribution in [3.8, 4) is 0 Å². The predicted molar refractivity (Wildman–Crippen MR) is 91.4 cm³/mol. The molecule has 2 aromatic rings. The number of carbonyl (C=O) groups is 1. The number of rotatable bonds is 7. The van der Waals surface area contributed by atoms with Crippen molar-refractivity contribution in [2.45, 2.75) is 37.6 Å². The van der Waals surface area contributed by atoms with Crippen LogP contribution in [0.4, 0.5) is 0 Å². The first-order valence-corrected chi connectivity index (χ1v) is 8.65. The molecule has 0 aliphatic carbocycles. The molecule has 2 rings (SSSR count). The zero-order valence-electron chi connectivity index (χ0n) is 12.8. The van der Waals surface area contributed by atoms with Crippen LogP contribution < -0.4 is 5.32 Å². The Hall–Kier alpha value is -1.39. The Labute approximate surface area is 140 Å². The van der Waals surface area contributed by atoms with E-state index in [0.717, 1.165) is 28.7 Å². The molecule has 118 valence electrons. The molecule has 22 heavy (non-hydrogen) atoms. The second kappa shape index (κ2) is 8.30. The van der Waals surface area contributed by atoms with Crippen LogP contribution in [-0.2, 0) is 4.79 Å². The van der Waals surface area contributed by atoms with E-state index in [4.69, 9.17) is 16.0 Å². The lowest BCUT2D eigenvalue weighted by Crippen LogP contribution is -2.26. The maximum absolute atomic E-state index is 11.9. The van der Waals surface area contributed by atoms with E-state index >= 15 is 0 Å². The van der Waals surface area contributed by atoms with Gasteiger partial charge in [0.1, 0.15) is 11.5 Å². The molecule has 1 N–H and O–H groups in total. The van der Waals surface area contributed by atoms with Crippen LogP contribution in [0.15, 0.2) is 45.7 Å². The lowest BCUT2D eigenvalue weighted by atomic mass is 10.2. The molecule has 0 spiro atoms. The number of carbonyl (C=O) groups excluding carboxylic acids is 1. The Kier molecular flexibility index (Phi) is 6.40. The Morgan fingerprint density at radius 3 is 2.64 bits per heavy atom. The highest BCUT2D eigenvalue weighted by atomic mass is 35.5. The fraction of sp³-hybridized carbons (Fsp3) is 0.353. The van der Waals surface area contributed by atoms with Crippen molar-refractivity contribution in [3.63, 3.8) is 0 Å². The largest absolute Gasteiger partial charge is 0.464 e. The molecule has 1 atom stereocenters. The fourth-order valence-electron chi connectivity index (χ4n) is 2.02. The Morgan fingerprint density at radius 2 is 2.00 bits per heavy atom. The molecular weight excluding hydrogens is 318 g/mol. The van der Waals surface area contributed by atoms with E-state index in [1.807, 2.05) is 50.2 Å². The minimum Gasteiger partial charge on any atom is -0.464 e. The number of thioether (sulfide) groups is 1. The number of nitrogens with one attached hydrogen (secondary N) is 1. The molecule has 0 fully saturated rings. The lowest BCUT2D eigenvalue weighted by Gasteiger charge is -2.11. The van der Waals surface area contributed by atoms with E-state index in [1.165, 1.54) is 4.90 Å². The Balaban J connectivity index is 1.66. The van der Waals surface area contributed by atoms with Gasteiger partial charge in [-0.2, -0.15) is 0 Å². The van der Waals surface area contributed by atoms with Crippen molar-refractivity contribution in [1.29, 1.82) is 0 Å². The summed E-state index contributed by atoms with van der Waals surface area (Å²) in [5.74, 6) is 2.61. The minimum absolute atomic E-state index is 0.0539. The summed E-state index contributed by atoms with van der Waals surface area (Å²) < 4.78 is 5.51. The molecular formula is C17H20ClNO2S. The monoisotopic (exact) mass is 337 g/mol. The first kappa shape index (κ1) is 17.0. The van der Waals surface area contributed by atoms with Crippen LogP contribution in [0.1, 0.15) is 37.3 Å². The van der Waals surface area contributed by atoms with Crippen LogP contribution in [-0.4, -0.2) is 11.7 Å². The van der Waals surface area contributed by atoms with Crippen molar-refractivity contribution in [2.24, 2.45) is 0 Å². The lowest BCUT2D eigenvalue weighted by molar-refractivity contribution is -0.121. The van der Waals surface area contributed by atoms with Crippen molar-refractivity contribution in [1.82, 2.24) is 5.32 Å². The summed E-state index contributed by atoms with van der Waals surface area (Å²) in [6.07, 6.45) is 1.35. The average molecular weight is 338 g/mol. The van der Waals surface area contributed by atoms with E-state index in [-0.39, 0.29) is 11.9 Å². The molecule has 0 aliphatic heterocycles. The first-order valence-electron chi connectivity index (χ1n) is 7.28. The van der Waals surface area contributed by atoms with Crippen LogP contribution in [0.5, 0.6) is 0 Å². The highest BCUT2D eigenvalue weighted by Gasteiger charge is 2.12. The summed E-state index contributed by atoms with van der Waals surface area (Å²) in [5, 5.41) is 3.70. The summed E-state index contributed by atoms with van der Waals surface area (Å²) in [7, 11) is 0. The average Bonchev–Trinajstić information content (AvgIpc) is 2.92. The molecule has 0 saturated heterocycles. The topological polar surface area (TPSA) is 42.2 Å². The number of hydrogen-bond acceptors (Lipinski definition) is 3. The van der Waals surface area contributed by atoms with Crippen LogP contribution >= 0.6 is 23.4 Å². The highest BCUT2D eigenvalue weighted by molar-refractivity contribution is 7.99. The quantitative estimate of drug-likeness (QED) is 0.571. The zero-order valence-corrected chi connectivity index (χ0v) is 14.3. The predicted octanol–water partition coefficient (Wildman–Crippen LogP) is 4.99. The second-order valence-electron chi connectivity index (χ2n) is 5.14. The minimum atomic E-state index is -0.0925. The summed E-state index contributed by atoms with van der Waals surface area (Å²) >= 11 is 7.58. The third kappa shape index (κ3) is 5.43. The van der Waals surface area contributed by atoms with Gasteiger partial charge in [-0.05, 0) is 62.4 Å². The molecule has 1 heterocycles. The standard InChI is InChI=1S/C17H20ClNO2S/c1-12-5-10-16(21-12)13(2)19-17(20)4-3-11-22-15-8-6-14(18)7-9-15/h5-10,13H,3-4,11H2,1-2H3,(H,19,20). The van der Waals surface area contributed by atoms with Gasteiger partial charge in [0.2, 0.25) is 5.91 Å². The van der Waals surface area contributed by atoms with Gasteiger partial charge in [-0.1, -0.05) is 11.6 Å². The fourth-order valence-corrected chi connectivity index (χ4v) is 3.00. The second-order valence-corrected chi connectivity index (χ2v) is 6.75. The highest BCUT2D eigenvalue weighted by Crippen LogP contribution is 2.21. The normalized spacial score (nSPS) is 12.1. The molecule has 1 aromatic heterocycles. The third-order valence-corrected chi connectivity index (χ3v) is 4.55. The number of aryl methyl sites for hydroxylation is 1. The molecule has 0 radical (unpaired) electrons. The van der Waals surface area contributed by atoms with E-state index < -0.39 is 0 Å². The summed E-state index contributed by atoms with van der Waals surface area (Å²) in [5.41, 5.74) is 0. The van der Waals surface area contributed by atoms with Gasteiger partial charge in [-0.25, -0.2) is 0 Å². The van der Waals surface area contributed by atoms with Gasteiger partial charge in [0.05, 0.1) is 6.04 Å². The molecule has 0 saturated carbocycles. The van der Waals surface area contributed by atoms with Gasteiger partial charge in [0, 0.05) is 16.3 Å². The van der Waals surface area contributed by atoms with Crippen LogP contribution in [0.25, 0.3) is 0 Å². The molecule has 1 aromatic carbocycles. The van der Waals surface area contributed by atoms with Crippen molar-refractivity contribution in [3.05, 3.63) is 52.9 Å². The number of hydrogen-bond donors (Lipinski definition) is 1. The molecule has 3 nitrogen and oxygen atoms in total. The molecule has 0 aliphatic rings. The number of amides is 1. The SMILES string of the molecule is Cc1ccc(C(C)NC(=O)CCCSc2ccc(Cl)cc2)o1. The van der Waals surface area contributed by atoms with Gasteiger partial charge in [0.15, 0.2) is 0 Å². The molecule has 5 heteroatoms. The van der Waals surface area contributed by atoms with E-state index in [2.05, 4.69) is 5.32 Å². The van der Waals surface area contributed by atoms with Crippen LogP contribution in [0.2, 0.25) is 5.02 Å². The maximum atomic E-state index is 11.9. The smallest absolute Gasteiger partial charge is 0.220 e. The number of benzene rings is 1. The molecule has 1 amide bonds. The van der Waals surface area contributed by atoms with Crippen LogP contribution in [0.3, 0.4) is 0 Å². The van der Waals surface area contributed by atoms with Gasteiger partial charge in [-0.15, -0.1) is 11.8 Å². The van der Waals surface area contributed by atoms with E-state index in [1.54, 1.807) is 11.8 Å². The molecule has 1 unspecified atom stereocenters. The number of furan rings is 1. The van der Waals surface area contributed by atoms with Gasteiger partial charge in [-0.3, -0.25) is 4.79 Å². The zero-order chi connectivity index (χ0) is 15.9. The van der Waals surface area contributed by atoms with Gasteiger partial charge >= 0.3 is 0 Å².